The van der Waals surface area contributed by atoms with Crippen LogP contribution in [-0.4, -0.2) is 22.7 Å². The molecule has 0 spiro atoms. The average molecular weight is 338 g/mol. The second-order valence-corrected chi connectivity index (χ2v) is 5.45. The zero-order chi connectivity index (χ0) is 16.8. The lowest BCUT2D eigenvalue weighted by molar-refractivity contribution is 0.172. The molecule has 1 aromatic carbocycles. The third kappa shape index (κ3) is 4.91. The first kappa shape index (κ1) is 17.2. The molecule has 0 fully saturated rings. The summed E-state index contributed by atoms with van der Waals surface area (Å²) in [7, 11) is 0. The van der Waals surface area contributed by atoms with Crippen molar-refractivity contribution in [3.8, 4) is 0 Å². The van der Waals surface area contributed by atoms with E-state index in [1.54, 1.807) is 24.5 Å². The zero-order valence-electron chi connectivity index (χ0n) is 12.5. The van der Waals surface area contributed by atoms with Crippen LogP contribution in [0.5, 0.6) is 0 Å². The summed E-state index contributed by atoms with van der Waals surface area (Å²) < 4.78 is 13.4. The van der Waals surface area contributed by atoms with E-state index in [0.29, 0.717) is 5.56 Å². The molecule has 2 rings (SSSR count). The molecular formula is C16H17ClFN3O2. The average Bonchev–Trinajstić information content (AvgIpc) is 2.56. The second kappa shape index (κ2) is 7.89. The molecule has 1 heterocycles. The van der Waals surface area contributed by atoms with E-state index in [0.717, 1.165) is 11.6 Å². The fourth-order valence-electron chi connectivity index (χ4n) is 2.01. The number of hydrogen-bond donors (Lipinski definition) is 3. The smallest absolute Gasteiger partial charge is 0.315 e. The van der Waals surface area contributed by atoms with Crippen LogP contribution in [0, 0.1) is 5.82 Å². The van der Waals surface area contributed by atoms with Gasteiger partial charge in [-0.15, -0.1) is 0 Å². The van der Waals surface area contributed by atoms with Gasteiger partial charge in [-0.25, -0.2) is 9.18 Å². The normalized spacial score (nSPS) is 13.2. The van der Waals surface area contributed by atoms with Crippen molar-refractivity contribution in [1.29, 1.82) is 0 Å². The van der Waals surface area contributed by atoms with Crippen molar-refractivity contribution in [3.05, 3.63) is 64.7 Å². The third-order valence-corrected chi connectivity index (χ3v) is 3.64. The Balaban J connectivity index is 1.85. The number of hydrogen-bond acceptors (Lipinski definition) is 3. The summed E-state index contributed by atoms with van der Waals surface area (Å²) in [6.45, 7) is 1.79. The van der Waals surface area contributed by atoms with Gasteiger partial charge in [0.15, 0.2) is 0 Å². The Morgan fingerprint density at radius 2 is 2.00 bits per heavy atom. The van der Waals surface area contributed by atoms with Gasteiger partial charge in [0.1, 0.15) is 5.82 Å². The minimum Gasteiger partial charge on any atom is -0.387 e. The highest BCUT2D eigenvalue weighted by Gasteiger charge is 2.13. The van der Waals surface area contributed by atoms with E-state index in [1.807, 2.05) is 6.92 Å². The van der Waals surface area contributed by atoms with Gasteiger partial charge in [0.2, 0.25) is 0 Å². The molecule has 0 aliphatic carbocycles. The number of aromatic nitrogens is 1. The van der Waals surface area contributed by atoms with Crippen molar-refractivity contribution in [2.75, 3.05) is 6.54 Å². The lowest BCUT2D eigenvalue weighted by atomic mass is 10.1. The van der Waals surface area contributed by atoms with Gasteiger partial charge in [-0.1, -0.05) is 17.7 Å². The Kier molecular flexibility index (Phi) is 5.90. The third-order valence-electron chi connectivity index (χ3n) is 3.34. The van der Waals surface area contributed by atoms with Gasteiger partial charge in [0.25, 0.3) is 0 Å². The molecule has 1 aromatic heterocycles. The summed E-state index contributed by atoms with van der Waals surface area (Å²) in [5.41, 5.74) is 1.25. The van der Waals surface area contributed by atoms with Crippen LogP contribution in [0.3, 0.4) is 0 Å². The van der Waals surface area contributed by atoms with Crippen LogP contribution in [-0.2, 0) is 0 Å². The van der Waals surface area contributed by atoms with E-state index in [1.165, 1.54) is 12.1 Å². The fourth-order valence-corrected chi connectivity index (χ4v) is 2.13. The highest BCUT2D eigenvalue weighted by molar-refractivity contribution is 6.30. The number of nitrogens with one attached hydrogen (secondary N) is 2. The summed E-state index contributed by atoms with van der Waals surface area (Å²) in [6.07, 6.45) is 2.26. The number of rotatable bonds is 5. The number of pyridine rings is 1. The molecule has 5 nitrogen and oxygen atoms in total. The number of aliphatic hydroxyl groups excluding tert-OH is 1. The Bertz CT molecular complexity index is 670. The van der Waals surface area contributed by atoms with E-state index in [2.05, 4.69) is 15.6 Å². The second-order valence-electron chi connectivity index (χ2n) is 5.05. The molecule has 0 saturated heterocycles. The quantitative estimate of drug-likeness (QED) is 0.785. The van der Waals surface area contributed by atoms with Gasteiger partial charge in [0.05, 0.1) is 17.2 Å². The maximum atomic E-state index is 13.4. The predicted octanol–water partition coefficient (Wildman–Crippen LogP) is 2.97. The van der Waals surface area contributed by atoms with Gasteiger partial charge >= 0.3 is 6.03 Å². The van der Waals surface area contributed by atoms with E-state index in [-0.39, 0.29) is 17.6 Å². The lowest BCUT2D eigenvalue weighted by Gasteiger charge is -2.17. The van der Waals surface area contributed by atoms with E-state index < -0.39 is 18.0 Å². The molecule has 0 saturated carbocycles. The van der Waals surface area contributed by atoms with Crippen molar-refractivity contribution in [2.45, 2.75) is 19.1 Å². The van der Waals surface area contributed by atoms with Gasteiger partial charge < -0.3 is 15.7 Å². The number of halogens is 2. The number of benzene rings is 1. The molecule has 0 aliphatic heterocycles. The number of aliphatic hydroxyl groups is 1. The number of urea groups is 1. The van der Waals surface area contributed by atoms with Crippen LogP contribution in [0.1, 0.15) is 30.2 Å². The maximum Gasteiger partial charge on any atom is 0.315 e. The van der Waals surface area contributed by atoms with Gasteiger partial charge in [-0.05, 0) is 42.3 Å². The summed E-state index contributed by atoms with van der Waals surface area (Å²) in [5.74, 6) is -0.612. The van der Waals surface area contributed by atoms with Crippen LogP contribution in [0.15, 0.2) is 42.7 Å². The maximum absolute atomic E-state index is 13.4. The number of carbonyl (C=O) groups is 1. The molecule has 2 amide bonds. The molecule has 122 valence electrons. The van der Waals surface area contributed by atoms with Crippen LogP contribution < -0.4 is 10.6 Å². The summed E-state index contributed by atoms with van der Waals surface area (Å²) in [4.78, 5) is 15.8. The van der Waals surface area contributed by atoms with Gasteiger partial charge in [0, 0.05) is 18.9 Å². The van der Waals surface area contributed by atoms with Crippen LogP contribution in [0.25, 0.3) is 0 Å². The molecule has 0 radical (unpaired) electrons. The largest absolute Gasteiger partial charge is 0.387 e. The Hall–Kier alpha value is -2.18. The Labute approximate surface area is 138 Å². The lowest BCUT2D eigenvalue weighted by Crippen LogP contribution is -2.39. The highest BCUT2D eigenvalue weighted by atomic mass is 35.5. The molecule has 0 aliphatic rings. The van der Waals surface area contributed by atoms with E-state index in [4.69, 9.17) is 11.6 Å². The summed E-state index contributed by atoms with van der Waals surface area (Å²) in [6, 6.07) is 6.99. The van der Waals surface area contributed by atoms with Crippen LogP contribution in [0.4, 0.5) is 9.18 Å². The van der Waals surface area contributed by atoms with Gasteiger partial charge in [-0.2, -0.15) is 0 Å². The van der Waals surface area contributed by atoms with Crippen molar-refractivity contribution < 1.29 is 14.3 Å². The highest BCUT2D eigenvalue weighted by Crippen LogP contribution is 2.19. The molecule has 7 heteroatoms. The van der Waals surface area contributed by atoms with Crippen LogP contribution in [0.2, 0.25) is 5.02 Å². The molecule has 23 heavy (non-hydrogen) atoms. The Morgan fingerprint density at radius 3 is 2.65 bits per heavy atom. The molecule has 0 bridgehead atoms. The van der Waals surface area contributed by atoms with Crippen molar-refractivity contribution in [2.24, 2.45) is 0 Å². The molecular weight excluding hydrogens is 321 g/mol. The zero-order valence-corrected chi connectivity index (χ0v) is 13.2. The van der Waals surface area contributed by atoms with E-state index in [9.17, 15) is 14.3 Å². The SMILES string of the molecule is CC(NC(=O)NCC(O)c1ccc(Cl)c(F)c1)c1ccncc1. The molecule has 2 atom stereocenters. The summed E-state index contributed by atoms with van der Waals surface area (Å²) >= 11 is 5.59. The molecule has 2 aromatic rings. The number of carbonyl (C=O) groups excluding carboxylic acids is 1. The minimum absolute atomic E-state index is 0.0159. The van der Waals surface area contributed by atoms with Crippen molar-refractivity contribution >= 4 is 17.6 Å². The van der Waals surface area contributed by atoms with Crippen molar-refractivity contribution in [3.63, 3.8) is 0 Å². The summed E-state index contributed by atoms with van der Waals surface area (Å²) in [5, 5.41) is 15.2. The first-order valence-corrected chi connectivity index (χ1v) is 7.42. The topological polar surface area (TPSA) is 74.2 Å². The van der Waals surface area contributed by atoms with Crippen LogP contribution >= 0.6 is 11.6 Å². The number of amides is 2. The molecule has 3 N–H and O–H groups in total. The van der Waals surface area contributed by atoms with E-state index >= 15 is 0 Å². The Morgan fingerprint density at radius 1 is 1.30 bits per heavy atom. The number of nitrogens with zero attached hydrogens (tertiary/aromatic N) is 1. The first-order chi connectivity index (χ1) is 11.0. The monoisotopic (exact) mass is 337 g/mol. The minimum atomic E-state index is -1.02. The van der Waals surface area contributed by atoms with Crippen molar-refractivity contribution in [1.82, 2.24) is 15.6 Å². The molecule has 2 unspecified atom stereocenters. The predicted molar refractivity (Wildman–Crippen MR) is 85.6 cm³/mol. The standard InChI is InChI=1S/C16H17ClFN3O2/c1-10(11-4-6-19-7-5-11)21-16(23)20-9-15(22)12-2-3-13(17)14(18)8-12/h2-8,10,15,22H,9H2,1H3,(H2,20,21,23). The van der Waals surface area contributed by atoms with Gasteiger partial charge in [-0.3, -0.25) is 4.98 Å². The fraction of sp³-hybridized carbons (Fsp3) is 0.250. The first-order valence-electron chi connectivity index (χ1n) is 7.04.